The fourth-order valence-electron chi connectivity index (χ4n) is 4.55. The van der Waals surface area contributed by atoms with E-state index in [1.165, 1.54) is 4.31 Å². The summed E-state index contributed by atoms with van der Waals surface area (Å²) >= 11 is 3.43. The van der Waals surface area contributed by atoms with Crippen LogP contribution in [0.1, 0.15) is 45.6 Å². The highest BCUT2D eigenvalue weighted by molar-refractivity contribution is 9.10. The largest absolute Gasteiger partial charge is 0.352 e. The molecule has 1 aliphatic rings. The summed E-state index contributed by atoms with van der Waals surface area (Å²) in [6, 6.07) is 17.8. The van der Waals surface area contributed by atoms with E-state index in [1.54, 1.807) is 30.0 Å². The van der Waals surface area contributed by atoms with E-state index in [0.717, 1.165) is 27.2 Å². The Kier molecular flexibility index (Phi) is 8.23. The number of amides is 2. The van der Waals surface area contributed by atoms with Crippen LogP contribution in [0.5, 0.6) is 0 Å². The predicted octanol–water partition coefficient (Wildman–Crippen LogP) is 5.22. The highest BCUT2D eigenvalue weighted by Gasteiger charge is 2.35. The fourth-order valence-corrected chi connectivity index (χ4v) is 6.56. The van der Waals surface area contributed by atoms with Crippen molar-refractivity contribution in [1.82, 2.24) is 10.2 Å². The van der Waals surface area contributed by atoms with Gasteiger partial charge in [0.2, 0.25) is 11.8 Å². The molecule has 1 N–H and O–H groups in total. The summed E-state index contributed by atoms with van der Waals surface area (Å²) in [5, 5.41) is 4.56. The minimum absolute atomic E-state index is 0.00398. The summed E-state index contributed by atoms with van der Waals surface area (Å²) in [4.78, 5) is 28.2. The lowest BCUT2D eigenvalue weighted by Crippen LogP contribution is -2.49. The zero-order valence-electron chi connectivity index (χ0n) is 21.3. The van der Waals surface area contributed by atoms with E-state index in [4.69, 9.17) is 0 Å². The number of carbonyl (C=O) groups is 2. The van der Waals surface area contributed by atoms with Gasteiger partial charge in [0, 0.05) is 35.4 Å². The van der Waals surface area contributed by atoms with Crippen LogP contribution in [0.4, 0.5) is 5.69 Å². The molecule has 0 fully saturated rings. The molecule has 1 heterocycles. The quantitative estimate of drug-likeness (QED) is 0.353. The average molecular weight is 587 g/mol. The molecule has 9 heteroatoms. The van der Waals surface area contributed by atoms with E-state index in [9.17, 15) is 18.0 Å². The van der Waals surface area contributed by atoms with Gasteiger partial charge in [0.15, 0.2) is 0 Å². The average Bonchev–Trinajstić information content (AvgIpc) is 3.10. The molecule has 4 rings (SSSR count). The molecule has 1 aliphatic heterocycles. The summed E-state index contributed by atoms with van der Waals surface area (Å²) in [7, 11) is -3.68. The molecule has 3 aromatic carbocycles. The summed E-state index contributed by atoms with van der Waals surface area (Å²) in [6.07, 6.45) is 1.24. The first kappa shape index (κ1) is 27.1. The van der Waals surface area contributed by atoms with E-state index in [2.05, 4.69) is 21.2 Å². The van der Waals surface area contributed by atoms with Gasteiger partial charge in [0.05, 0.1) is 10.6 Å². The van der Waals surface area contributed by atoms with Gasteiger partial charge in [-0.1, -0.05) is 59.3 Å². The smallest absolute Gasteiger partial charge is 0.265 e. The second kappa shape index (κ2) is 11.2. The van der Waals surface area contributed by atoms with Gasteiger partial charge in [-0.25, -0.2) is 8.42 Å². The molecule has 2 atom stereocenters. The number of hydrogen-bond donors (Lipinski definition) is 1. The summed E-state index contributed by atoms with van der Waals surface area (Å²) in [5.41, 5.74) is 1.55. The van der Waals surface area contributed by atoms with E-state index in [0.29, 0.717) is 17.0 Å². The number of halogens is 1. The molecule has 0 saturated carbocycles. The molecular formula is C28H32BrN3O4S. The lowest BCUT2D eigenvalue weighted by Gasteiger charge is -2.30. The molecule has 0 aromatic heterocycles. The van der Waals surface area contributed by atoms with Crippen LogP contribution in [0, 0.1) is 0 Å². The Morgan fingerprint density at radius 3 is 2.38 bits per heavy atom. The Labute approximate surface area is 227 Å². The summed E-state index contributed by atoms with van der Waals surface area (Å²) < 4.78 is 28.8. The number of carbonyl (C=O) groups excluding carboxylic acids is 2. The number of hydrogen-bond acceptors (Lipinski definition) is 4. The number of sulfonamides is 1. The standard InChI is InChI=1S/C28H32BrN3O4S/c1-4-19(2)30-28(34)20(3)31(18-21-13-15-23(29)16-14-21)26(33)12-7-17-32-24-10-5-8-22-9-6-11-25(27(22)24)37(32,35)36/h5-6,8-11,13-16,19-20H,4,7,12,17-18H2,1-3H3,(H,30,34)/t19-,20-/m0/s1. The van der Waals surface area contributed by atoms with Crippen LogP contribution in [0.15, 0.2) is 70.0 Å². The van der Waals surface area contributed by atoms with Crippen molar-refractivity contribution < 1.29 is 18.0 Å². The SMILES string of the molecule is CC[C@H](C)NC(=O)[C@H](C)N(Cc1ccc(Br)cc1)C(=O)CCCN1c2cccc3cccc(c23)S1(=O)=O. The van der Waals surface area contributed by atoms with Crippen molar-refractivity contribution >= 4 is 54.2 Å². The first-order chi connectivity index (χ1) is 17.6. The van der Waals surface area contributed by atoms with Crippen LogP contribution in [0.3, 0.4) is 0 Å². The first-order valence-corrected chi connectivity index (χ1v) is 14.8. The van der Waals surface area contributed by atoms with Gasteiger partial charge in [0.25, 0.3) is 10.0 Å². The van der Waals surface area contributed by atoms with Crippen molar-refractivity contribution in [3.05, 3.63) is 70.7 Å². The van der Waals surface area contributed by atoms with Gasteiger partial charge < -0.3 is 10.2 Å². The van der Waals surface area contributed by atoms with E-state index in [1.807, 2.05) is 56.3 Å². The maximum atomic E-state index is 13.4. The maximum absolute atomic E-state index is 13.4. The zero-order chi connectivity index (χ0) is 26.7. The van der Waals surface area contributed by atoms with Gasteiger partial charge in [-0.15, -0.1) is 0 Å². The van der Waals surface area contributed by atoms with Crippen LogP contribution in [0.2, 0.25) is 0 Å². The number of anilines is 1. The molecule has 0 radical (unpaired) electrons. The molecule has 0 aliphatic carbocycles. The summed E-state index contributed by atoms with van der Waals surface area (Å²) in [5.74, 6) is -0.397. The molecular weight excluding hydrogens is 554 g/mol. The minimum atomic E-state index is -3.68. The van der Waals surface area contributed by atoms with E-state index in [-0.39, 0.29) is 37.4 Å². The molecule has 3 aromatic rings. The second-order valence-electron chi connectivity index (χ2n) is 9.45. The minimum Gasteiger partial charge on any atom is -0.352 e. The van der Waals surface area contributed by atoms with Crippen molar-refractivity contribution in [2.24, 2.45) is 0 Å². The van der Waals surface area contributed by atoms with Crippen molar-refractivity contribution in [3.8, 4) is 0 Å². The molecule has 0 unspecified atom stereocenters. The Hall–Kier alpha value is -2.91. The number of nitrogens with one attached hydrogen (secondary N) is 1. The Morgan fingerprint density at radius 2 is 1.70 bits per heavy atom. The van der Waals surface area contributed by atoms with Crippen LogP contribution >= 0.6 is 15.9 Å². The lowest BCUT2D eigenvalue weighted by molar-refractivity contribution is -0.140. The second-order valence-corrected chi connectivity index (χ2v) is 12.2. The monoisotopic (exact) mass is 585 g/mol. The molecule has 0 bridgehead atoms. The highest BCUT2D eigenvalue weighted by atomic mass is 79.9. The number of nitrogens with zero attached hydrogens (tertiary/aromatic N) is 2. The van der Waals surface area contributed by atoms with Crippen molar-refractivity contribution in [3.63, 3.8) is 0 Å². The van der Waals surface area contributed by atoms with Crippen molar-refractivity contribution in [2.75, 3.05) is 10.8 Å². The van der Waals surface area contributed by atoms with Crippen LogP contribution in [0.25, 0.3) is 10.8 Å². The Bertz CT molecular complexity index is 1400. The van der Waals surface area contributed by atoms with Gasteiger partial charge in [0.1, 0.15) is 6.04 Å². The van der Waals surface area contributed by atoms with E-state index >= 15 is 0 Å². The lowest BCUT2D eigenvalue weighted by atomic mass is 10.1. The maximum Gasteiger partial charge on any atom is 0.265 e. The molecule has 7 nitrogen and oxygen atoms in total. The third-order valence-corrected chi connectivity index (χ3v) is 9.25. The van der Waals surface area contributed by atoms with Gasteiger partial charge in [-0.3, -0.25) is 13.9 Å². The first-order valence-electron chi connectivity index (χ1n) is 12.5. The van der Waals surface area contributed by atoms with Crippen molar-refractivity contribution in [1.29, 1.82) is 0 Å². The Morgan fingerprint density at radius 1 is 1.03 bits per heavy atom. The van der Waals surface area contributed by atoms with Crippen LogP contribution in [-0.4, -0.2) is 43.8 Å². The molecule has 0 saturated heterocycles. The third kappa shape index (κ3) is 5.67. The normalized spacial score (nSPS) is 15.4. The summed E-state index contributed by atoms with van der Waals surface area (Å²) in [6.45, 7) is 6.12. The number of rotatable bonds is 10. The van der Waals surface area contributed by atoms with Crippen molar-refractivity contribution in [2.45, 2.75) is 63.6 Å². The van der Waals surface area contributed by atoms with E-state index < -0.39 is 16.1 Å². The highest BCUT2D eigenvalue weighted by Crippen LogP contribution is 2.42. The molecule has 37 heavy (non-hydrogen) atoms. The topological polar surface area (TPSA) is 86.8 Å². The van der Waals surface area contributed by atoms with Crippen LogP contribution < -0.4 is 9.62 Å². The number of benzene rings is 3. The van der Waals surface area contributed by atoms with Gasteiger partial charge in [-0.05, 0) is 61.9 Å². The van der Waals surface area contributed by atoms with Gasteiger partial charge in [-0.2, -0.15) is 0 Å². The fraction of sp³-hybridized carbons (Fsp3) is 0.357. The molecule has 2 amide bonds. The predicted molar refractivity (Wildman–Crippen MR) is 150 cm³/mol. The zero-order valence-corrected chi connectivity index (χ0v) is 23.7. The third-order valence-electron chi connectivity index (χ3n) is 6.87. The van der Waals surface area contributed by atoms with Crippen LogP contribution in [-0.2, 0) is 26.2 Å². The molecule has 0 spiro atoms. The molecule has 196 valence electrons. The Balaban J connectivity index is 1.49. The van der Waals surface area contributed by atoms with Gasteiger partial charge >= 0.3 is 0 Å².